The third kappa shape index (κ3) is 4.73. The van der Waals surface area contributed by atoms with Crippen molar-refractivity contribution in [2.24, 2.45) is 0 Å². The van der Waals surface area contributed by atoms with Gasteiger partial charge in [0.15, 0.2) is 0 Å². The number of aromatic nitrogens is 2. The highest BCUT2D eigenvalue weighted by molar-refractivity contribution is 7.98. The van der Waals surface area contributed by atoms with Crippen LogP contribution >= 0.6 is 11.8 Å². The lowest BCUT2D eigenvalue weighted by Crippen LogP contribution is -2.46. The van der Waals surface area contributed by atoms with Gasteiger partial charge in [-0.15, -0.1) is 0 Å². The summed E-state index contributed by atoms with van der Waals surface area (Å²) in [5.74, 6) is 0.201. The van der Waals surface area contributed by atoms with Crippen molar-refractivity contribution >= 4 is 38.7 Å². The predicted molar refractivity (Wildman–Crippen MR) is 112 cm³/mol. The zero-order valence-electron chi connectivity index (χ0n) is 15.6. The molecular weight excluding hydrogens is 396 g/mol. The van der Waals surface area contributed by atoms with Crippen LogP contribution in [-0.4, -0.2) is 42.0 Å². The summed E-state index contributed by atoms with van der Waals surface area (Å²) in [5.41, 5.74) is 5.17. The van der Waals surface area contributed by atoms with E-state index >= 15 is 0 Å². The van der Waals surface area contributed by atoms with E-state index in [1.54, 1.807) is 23.9 Å². The van der Waals surface area contributed by atoms with E-state index in [2.05, 4.69) is 15.1 Å². The third-order valence-corrected chi connectivity index (χ3v) is 6.37. The van der Waals surface area contributed by atoms with Crippen LogP contribution in [0.25, 0.3) is 11.0 Å². The number of rotatable bonds is 8. The molecule has 9 heteroatoms. The molecule has 2 N–H and O–H groups in total. The minimum absolute atomic E-state index is 0.133. The molecule has 1 amide bonds. The van der Waals surface area contributed by atoms with E-state index in [4.69, 9.17) is 0 Å². The van der Waals surface area contributed by atoms with Gasteiger partial charge >= 0.3 is 0 Å². The first-order valence-corrected chi connectivity index (χ1v) is 11.6. The number of hydrogen-bond donors (Lipinski definition) is 2. The fourth-order valence-corrected chi connectivity index (χ4v) is 4.40. The van der Waals surface area contributed by atoms with Gasteiger partial charge < -0.3 is 0 Å². The highest BCUT2D eigenvalue weighted by atomic mass is 32.2. The molecule has 0 aliphatic rings. The van der Waals surface area contributed by atoms with E-state index in [0.717, 1.165) is 16.6 Å². The van der Waals surface area contributed by atoms with Gasteiger partial charge in [0.1, 0.15) is 12.4 Å². The Hall–Kier alpha value is -2.36. The highest BCUT2D eigenvalue weighted by Gasteiger charge is 2.26. The van der Waals surface area contributed by atoms with Gasteiger partial charge in [-0.3, -0.25) is 10.2 Å². The van der Waals surface area contributed by atoms with Crippen molar-refractivity contribution in [3.05, 3.63) is 60.4 Å². The number of thioether (sulfide) groups is 1. The molecule has 0 aliphatic carbocycles. The smallest absolute Gasteiger partial charge is 0.257 e. The van der Waals surface area contributed by atoms with Crippen molar-refractivity contribution in [1.82, 2.24) is 14.4 Å². The Morgan fingerprint density at radius 2 is 1.89 bits per heavy atom. The second-order valence-corrected chi connectivity index (χ2v) is 9.05. The third-order valence-electron chi connectivity index (χ3n) is 4.24. The Balaban J connectivity index is 1.80. The molecule has 0 radical (unpaired) electrons. The maximum absolute atomic E-state index is 12.8. The fraction of sp³-hybridized carbons (Fsp3) is 0.263. The minimum atomic E-state index is -3.82. The van der Waals surface area contributed by atoms with Crippen LogP contribution in [0.4, 0.5) is 0 Å². The molecule has 1 atom stereocenters. The van der Waals surface area contributed by atoms with Gasteiger partial charge in [0.2, 0.25) is 10.0 Å². The van der Waals surface area contributed by atoms with Crippen molar-refractivity contribution in [1.29, 1.82) is 0 Å². The molecule has 0 aliphatic heterocycles. The van der Waals surface area contributed by atoms with Gasteiger partial charge in [-0.1, -0.05) is 29.8 Å². The first-order chi connectivity index (χ1) is 13.4. The molecule has 0 saturated heterocycles. The number of amides is 1. The standard InChI is InChI=1S/C19H22N4O3S2/c1-14-7-9-15(10-8-14)28(25,26)22-17(11-12-27-2)19(24)21-23-13-20-16-5-3-4-6-18(16)23/h3-10,13,17,22H,11-12H2,1-2H3,(H,21,24). The van der Waals surface area contributed by atoms with Crippen molar-refractivity contribution in [2.45, 2.75) is 24.3 Å². The minimum Gasteiger partial charge on any atom is -0.271 e. The van der Waals surface area contributed by atoms with Gasteiger partial charge in [-0.2, -0.15) is 16.5 Å². The first-order valence-electron chi connectivity index (χ1n) is 8.71. The lowest BCUT2D eigenvalue weighted by Gasteiger charge is -2.19. The van der Waals surface area contributed by atoms with Crippen LogP contribution in [0.15, 0.2) is 59.8 Å². The average molecular weight is 419 g/mol. The predicted octanol–water partition coefficient (Wildman–Crippen LogP) is 2.52. The summed E-state index contributed by atoms with van der Waals surface area (Å²) in [6, 6.07) is 13.0. The molecule has 1 unspecified atom stereocenters. The summed E-state index contributed by atoms with van der Waals surface area (Å²) in [6.45, 7) is 1.88. The number of carbonyl (C=O) groups excluding carboxylic acids is 1. The number of carbonyl (C=O) groups is 1. The largest absolute Gasteiger partial charge is 0.271 e. The number of nitrogens with zero attached hydrogens (tertiary/aromatic N) is 2. The number of sulfonamides is 1. The van der Waals surface area contributed by atoms with Crippen LogP contribution in [0, 0.1) is 6.92 Å². The maximum atomic E-state index is 12.8. The van der Waals surface area contributed by atoms with Gasteiger partial charge in [-0.05, 0) is 49.6 Å². The number of fused-ring (bicyclic) bond motifs is 1. The second kappa shape index (κ2) is 8.76. The van der Waals surface area contributed by atoms with E-state index in [-0.39, 0.29) is 4.90 Å². The van der Waals surface area contributed by atoms with Gasteiger partial charge in [0.25, 0.3) is 5.91 Å². The number of hydrogen-bond acceptors (Lipinski definition) is 5. The van der Waals surface area contributed by atoms with E-state index in [1.165, 1.54) is 23.1 Å². The number of imidazole rings is 1. The number of benzene rings is 2. The number of nitrogens with one attached hydrogen (secondary N) is 2. The first kappa shape index (κ1) is 20.4. The molecule has 28 heavy (non-hydrogen) atoms. The molecule has 148 valence electrons. The van der Waals surface area contributed by atoms with Crippen LogP contribution in [-0.2, 0) is 14.8 Å². The average Bonchev–Trinajstić information content (AvgIpc) is 3.08. The Kier molecular flexibility index (Phi) is 6.38. The van der Waals surface area contributed by atoms with Crippen molar-refractivity contribution in [2.75, 3.05) is 17.4 Å². The summed E-state index contributed by atoms with van der Waals surface area (Å²) in [5, 5.41) is 0. The summed E-state index contributed by atoms with van der Waals surface area (Å²) in [7, 11) is -3.82. The normalized spacial score (nSPS) is 12.8. The molecule has 0 spiro atoms. The van der Waals surface area contributed by atoms with Gasteiger partial charge in [0.05, 0.1) is 15.9 Å². The molecular formula is C19H22N4O3S2. The summed E-state index contributed by atoms with van der Waals surface area (Å²) < 4.78 is 29.5. The Morgan fingerprint density at radius 1 is 1.18 bits per heavy atom. The number of aryl methyl sites for hydroxylation is 1. The van der Waals surface area contributed by atoms with E-state index in [9.17, 15) is 13.2 Å². The monoisotopic (exact) mass is 418 g/mol. The van der Waals surface area contributed by atoms with Crippen molar-refractivity contribution in [3.8, 4) is 0 Å². The van der Waals surface area contributed by atoms with Crippen LogP contribution in [0.1, 0.15) is 12.0 Å². The Labute approximate surface area is 168 Å². The van der Waals surface area contributed by atoms with Crippen LogP contribution < -0.4 is 10.1 Å². The summed E-state index contributed by atoms with van der Waals surface area (Å²) in [4.78, 5) is 17.2. The second-order valence-electron chi connectivity index (χ2n) is 6.35. The van der Waals surface area contributed by atoms with Gasteiger partial charge in [-0.25, -0.2) is 18.1 Å². The lowest BCUT2D eigenvalue weighted by molar-refractivity contribution is -0.118. The Morgan fingerprint density at radius 3 is 2.61 bits per heavy atom. The quantitative estimate of drug-likeness (QED) is 0.586. The number of para-hydroxylation sites is 2. The van der Waals surface area contributed by atoms with Crippen molar-refractivity contribution < 1.29 is 13.2 Å². The highest BCUT2D eigenvalue weighted by Crippen LogP contribution is 2.14. The topological polar surface area (TPSA) is 93.1 Å². The zero-order chi connectivity index (χ0) is 20.1. The molecule has 7 nitrogen and oxygen atoms in total. The molecule has 3 aromatic rings. The molecule has 0 bridgehead atoms. The van der Waals surface area contributed by atoms with Crippen molar-refractivity contribution in [3.63, 3.8) is 0 Å². The van der Waals surface area contributed by atoms with Crippen LogP contribution in [0.3, 0.4) is 0 Å². The van der Waals surface area contributed by atoms with Crippen LogP contribution in [0.5, 0.6) is 0 Å². The van der Waals surface area contributed by atoms with Crippen LogP contribution in [0.2, 0.25) is 0 Å². The molecule has 1 heterocycles. The fourth-order valence-electron chi connectivity index (χ4n) is 2.70. The molecule has 2 aromatic carbocycles. The molecule has 0 fully saturated rings. The summed E-state index contributed by atoms with van der Waals surface area (Å²) in [6.07, 6.45) is 3.78. The molecule has 3 rings (SSSR count). The zero-order valence-corrected chi connectivity index (χ0v) is 17.3. The van der Waals surface area contributed by atoms with Gasteiger partial charge in [0, 0.05) is 0 Å². The lowest BCUT2D eigenvalue weighted by atomic mass is 10.2. The van der Waals surface area contributed by atoms with E-state index < -0.39 is 22.0 Å². The maximum Gasteiger partial charge on any atom is 0.257 e. The van der Waals surface area contributed by atoms with E-state index in [0.29, 0.717) is 12.2 Å². The van der Waals surface area contributed by atoms with E-state index in [1.807, 2.05) is 37.4 Å². The Bertz CT molecular complexity index is 1060. The summed E-state index contributed by atoms with van der Waals surface area (Å²) >= 11 is 1.55. The molecule has 1 aromatic heterocycles. The SMILES string of the molecule is CSCCC(NS(=O)(=O)c1ccc(C)cc1)C(=O)Nn1cnc2ccccc21. The molecule has 0 saturated carbocycles.